The Labute approximate surface area is 174 Å². The van der Waals surface area contributed by atoms with E-state index < -0.39 is 0 Å². The van der Waals surface area contributed by atoms with Gasteiger partial charge in [-0.1, -0.05) is 18.2 Å². The molecule has 1 amide bonds. The molecule has 0 radical (unpaired) electrons. The molecule has 5 aromatic rings. The van der Waals surface area contributed by atoms with Crippen molar-refractivity contribution in [3.05, 3.63) is 88.0 Å². The second-order valence-corrected chi connectivity index (χ2v) is 8.57. The summed E-state index contributed by atoms with van der Waals surface area (Å²) >= 11 is 2.96. The molecule has 5 rings (SSSR count). The van der Waals surface area contributed by atoms with Crippen LogP contribution in [0.1, 0.15) is 31.4 Å². The highest BCUT2D eigenvalue weighted by molar-refractivity contribution is 7.20. The molecule has 0 bridgehead atoms. The van der Waals surface area contributed by atoms with Crippen LogP contribution in [0.4, 0.5) is 5.69 Å². The van der Waals surface area contributed by atoms with Crippen LogP contribution in [-0.2, 0) is 0 Å². The lowest BCUT2D eigenvalue weighted by Gasteiger charge is -2.06. The maximum absolute atomic E-state index is 13.0. The van der Waals surface area contributed by atoms with Gasteiger partial charge in [0.15, 0.2) is 4.96 Å². The Bertz CT molecular complexity index is 1340. The first-order valence-corrected chi connectivity index (χ1v) is 10.7. The monoisotopic (exact) mass is 417 g/mol. The number of thiophene rings is 1. The fraction of sp³-hybridized carbons (Fsp3) is 0.0455. The van der Waals surface area contributed by atoms with Crippen LogP contribution < -0.4 is 5.32 Å². The number of carbonyl (C=O) groups excluding carboxylic acids is 2. The molecule has 0 aliphatic heterocycles. The number of aryl methyl sites for hydroxylation is 1. The van der Waals surface area contributed by atoms with Gasteiger partial charge in [0.25, 0.3) is 5.91 Å². The van der Waals surface area contributed by atoms with Gasteiger partial charge in [-0.15, -0.1) is 22.7 Å². The number of hydrogen-bond acceptors (Lipinski definition) is 5. The maximum atomic E-state index is 13.0. The summed E-state index contributed by atoms with van der Waals surface area (Å²) in [5.74, 6) is -0.243. The molecule has 3 heterocycles. The quantitative estimate of drug-likeness (QED) is 0.398. The lowest BCUT2D eigenvalue weighted by atomic mass is 10.1. The van der Waals surface area contributed by atoms with E-state index in [0.717, 1.165) is 15.0 Å². The van der Waals surface area contributed by atoms with Crippen molar-refractivity contribution in [3.63, 3.8) is 0 Å². The Hall–Kier alpha value is -3.29. The Balaban J connectivity index is 1.37. The van der Waals surface area contributed by atoms with Gasteiger partial charge in [-0.2, -0.15) is 0 Å². The average molecular weight is 418 g/mol. The molecule has 5 nitrogen and oxygen atoms in total. The minimum Gasteiger partial charge on any atom is -0.321 e. The lowest BCUT2D eigenvalue weighted by Crippen LogP contribution is -2.11. The van der Waals surface area contributed by atoms with Crippen LogP contribution in [0.25, 0.3) is 15.0 Å². The Morgan fingerprint density at radius 2 is 1.86 bits per heavy atom. The predicted molar refractivity (Wildman–Crippen MR) is 117 cm³/mol. The van der Waals surface area contributed by atoms with E-state index in [0.29, 0.717) is 27.5 Å². The largest absolute Gasteiger partial charge is 0.321 e. The van der Waals surface area contributed by atoms with Crippen molar-refractivity contribution in [2.75, 3.05) is 5.32 Å². The lowest BCUT2D eigenvalue weighted by molar-refractivity contribution is 0.102. The third-order valence-electron chi connectivity index (χ3n) is 4.71. The van der Waals surface area contributed by atoms with Gasteiger partial charge in [0.2, 0.25) is 5.78 Å². The number of benzene rings is 2. The van der Waals surface area contributed by atoms with Crippen LogP contribution in [0.3, 0.4) is 0 Å². The smallest absolute Gasteiger partial charge is 0.265 e. The minimum atomic E-state index is -0.156. The van der Waals surface area contributed by atoms with Crippen molar-refractivity contribution in [3.8, 4) is 0 Å². The fourth-order valence-electron chi connectivity index (χ4n) is 3.30. The van der Waals surface area contributed by atoms with E-state index >= 15 is 0 Å². The molecule has 0 unspecified atom stereocenters. The highest BCUT2D eigenvalue weighted by Gasteiger charge is 2.19. The molecule has 0 saturated carbocycles. The number of nitrogens with one attached hydrogen (secondary N) is 1. The summed E-state index contributed by atoms with van der Waals surface area (Å²) < 4.78 is 2.90. The Morgan fingerprint density at radius 1 is 1.07 bits per heavy atom. The van der Waals surface area contributed by atoms with Crippen molar-refractivity contribution in [1.29, 1.82) is 0 Å². The standard InChI is InChI=1S/C22H15N3O2S2/c1-13-19(25-10-11-28-22(25)23-13)20(26)14-6-8-16(9-7-14)24-21(27)18-12-15-4-2-3-5-17(15)29-18/h2-12H,1H3,(H,24,27). The second kappa shape index (κ2) is 6.95. The predicted octanol–water partition coefficient (Wildman–Crippen LogP) is 5.40. The third kappa shape index (κ3) is 3.14. The van der Waals surface area contributed by atoms with Gasteiger partial charge in [0, 0.05) is 27.5 Å². The second-order valence-electron chi connectivity index (χ2n) is 6.61. The normalized spacial score (nSPS) is 11.2. The minimum absolute atomic E-state index is 0.0872. The first kappa shape index (κ1) is 17.8. The van der Waals surface area contributed by atoms with Crippen molar-refractivity contribution >= 4 is 55.1 Å². The molecule has 2 aromatic carbocycles. The topological polar surface area (TPSA) is 63.5 Å². The van der Waals surface area contributed by atoms with Crippen LogP contribution in [0.5, 0.6) is 0 Å². The molecule has 0 atom stereocenters. The fourth-order valence-corrected chi connectivity index (χ4v) is 5.01. The van der Waals surface area contributed by atoms with Crippen molar-refractivity contribution in [2.45, 2.75) is 6.92 Å². The molecule has 0 fully saturated rings. The molecular formula is C22H15N3O2S2. The zero-order valence-electron chi connectivity index (χ0n) is 15.4. The number of hydrogen-bond donors (Lipinski definition) is 1. The number of ketones is 1. The van der Waals surface area contributed by atoms with Gasteiger partial charge < -0.3 is 5.32 Å². The molecule has 0 spiro atoms. The van der Waals surface area contributed by atoms with E-state index in [-0.39, 0.29) is 11.7 Å². The van der Waals surface area contributed by atoms with Crippen LogP contribution >= 0.6 is 22.7 Å². The first-order chi connectivity index (χ1) is 14.1. The molecule has 3 aromatic heterocycles. The molecule has 1 N–H and O–H groups in total. The molecule has 0 aliphatic carbocycles. The summed E-state index contributed by atoms with van der Waals surface area (Å²) in [6, 6.07) is 16.8. The van der Waals surface area contributed by atoms with Crippen molar-refractivity contribution in [1.82, 2.24) is 9.38 Å². The van der Waals surface area contributed by atoms with Crippen molar-refractivity contribution in [2.24, 2.45) is 0 Å². The summed E-state index contributed by atoms with van der Waals surface area (Å²) in [7, 11) is 0. The average Bonchev–Trinajstić information content (AvgIpc) is 3.42. The highest BCUT2D eigenvalue weighted by atomic mass is 32.1. The molecule has 29 heavy (non-hydrogen) atoms. The summed E-state index contributed by atoms with van der Waals surface area (Å²) in [6.45, 7) is 1.84. The van der Waals surface area contributed by atoms with Crippen molar-refractivity contribution < 1.29 is 9.59 Å². The number of nitrogens with zero attached hydrogens (tertiary/aromatic N) is 2. The van der Waals surface area contributed by atoms with Gasteiger partial charge in [0.1, 0.15) is 5.69 Å². The van der Waals surface area contributed by atoms with Crippen LogP contribution in [0.2, 0.25) is 0 Å². The number of imidazole rings is 1. The van der Waals surface area contributed by atoms with Gasteiger partial charge in [0.05, 0.1) is 10.6 Å². The molecular weight excluding hydrogens is 402 g/mol. The summed E-state index contributed by atoms with van der Waals surface area (Å²) in [5.41, 5.74) is 2.49. The Morgan fingerprint density at radius 3 is 2.66 bits per heavy atom. The zero-order valence-corrected chi connectivity index (χ0v) is 17.0. The number of rotatable bonds is 4. The zero-order chi connectivity index (χ0) is 20.0. The van der Waals surface area contributed by atoms with Crippen LogP contribution in [0, 0.1) is 6.92 Å². The summed E-state index contributed by atoms with van der Waals surface area (Å²) in [4.78, 5) is 31.4. The van der Waals surface area contributed by atoms with E-state index in [4.69, 9.17) is 0 Å². The van der Waals surface area contributed by atoms with Gasteiger partial charge in [-0.25, -0.2) is 4.98 Å². The number of amides is 1. The summed E-state index contributed by atoms with van der Waals surface area (Å²) in [5, 5.41) is 5.86. The summed E-state index contributed by atoms with van der Waals surface area (Å²) in [6.07, 6.45) is 1.85. The number of carbonyl (C=O) groups is 2. The van der Waals surface area contributed by atoms with E-state index in [1.165, 1.54) is 22.7 Å². The van der Waals surface area contributed by atoms with Gasteiger partial charge in [-0.3, -0.25) is 14.0 Å². The number of thiazole rings is 1. The van der Waals surface area contributed by atoms with Gasteiger partial charge >= 0.3 is 0 Å². The molecule has 0 saturated heterocycles. The number of aromatic nitrogens is 2. The van der Waals surface area contributed by atoms with Gasteiger partial charge in [-0.05, 0) is 48.7 Å². The van der Waals surface area contributed by atoms with E-state index in [1.807, 2.05) is 53.2 Å². The number of anilines is 1. The Kier molecular flexibility index (Phi) is 4.26. The number of fused-ring (bicyclic) bond motifs is 2. The van der Waals surface area contributed by atoms with E-state index in [9.17, 15) is 9.59 Å². The van der Waals surface area contributed by atoms with E-state index in [1.54, 1.807) is 24.3 Å². The molecule has 0 aliphatic rings. The highest BCUT2D eigenvalue weighted by Crippen LogP contribution is 2.26. The van der Waals surface area contributed by atoms with Crippen LogP contribution in [0.15, 0.2) is 66.2 Å². The SMILES string of the molecule is Cc1nc2sccn2c1C(=O)c1ccc(NC(=O)c2cc3ccccc3s2)cc1. The van der Waals surface area contributed by atoms with Crippen LogP contribution in [-0.4, -0.2) is 21.1 Å². The maximum Gasteiger partial charge on any atom is 0.265 e. The third-order valence-corrected chi connectivity index (χ3v) is 6.58. The molecule has 7 heteroatoms. The first-order valence-electron chi connectivity index (χ1n) is 8.97. The molecule has 142 valence electrons. The van der Waals surface area contributed by atoms with E-state index in [2.05, 4.69) is 10.3 Å².